The number of nitrogen functional groups attached to an aromatic ring is 1. The Morgan fingerprint density at radius 3 is 3.16 bits per heavy atom. The topological polar surface area (TPSA) is 82.3 Å². The smallest absolute Gasteiger partial charge is 0.223 e. The number of nitrogens with zero attached hydrogens (tertiary/aromatic N) is 2. The van der Waals surface area contributed by atoms with Crippen molar-refractivity contribution in [2.45, 2.75) is 13.0 Å². The Hall–Kier alpha value is -1.44. The number of aryl methyl sites for hydroxylation is 1. The number of nitrogens with two attached hydrogens (primary N) is 1. The molecule has 1 aliphatic heterocycles. The summed E-state index contributed by atoms with van der Waals surface area (Å²) in [7, 11) is 0. The monoisotopic (exact) mass is 280 g/mol. The second-order valence-electron chi connectivity index (χ2n) is 4.45. The van der Waals surface area contributed by atoms with Gasteiger partial charge >= 0.3 is 0 Å². The zero-order valence-electron chi connectivity index (χ0n) is 10.7. The predicted octanol–water partition coefficient (Wildman–Crippen LogP) is 1.41. The summed E-state index contributed by atoms with van der Waals surface area (Å²) in [4.78, 5) is 10.6. The first-order valence-corrected chi connectivity index (χ1v) is 7.01. The third kappa shape index (κ3) is 2.78. The van der Waals surface area contributed by atoms with Crippen LogP contribution in [0.4, 0.5) is 11.8 Å². The van der Waals surface area contributed by atoms with Gasteiger partial charge in [0, 0.05) is 11.4 Å². The minimum absolute atomic E-state index is 0.0553. The van der Waals surface area contributed by atoms with Gasteiger partial charge in [-0.3, -0.25) is 0 Å². The molecule has 0 aliphatic carbocycles. The highest BCUT2D eigenvalue weighted by molar-refractivity contribution is 7.18. The first kappa shape index (κ1) is 12.6. The summed E-state index contributed by atoms with van der Waals surface area (Å²) in [6.45, 7) is 4.63. The molecule has 3 N–H and O–H groups in total. The van der Waals surface area contributed by atoms with E-state index >= 15 is 0 Å². The van der Waals surface area contributed by atoms with Gasteiger partial charge in [0.2, 0.25) is 5.95 Å². The van der Waals surface area contributed by atoms with Crippen molar-refractivity contribution in [3.8, 4) is 0 Å². The molecule has 0 bridgehead atoms. The molecule has 1 saturated heterocycles. The Morgan fingerprint density at radius 1 is 1.47 bits per heavy atom. The number of rotatable bonds is 3. The molecule has 0 saturated carbocycles. The Bertz CT molecular complexity index is 580. The number of nitrogens with one attached hydrogen (secondary N) is 1. The van der Waals surface area contributed by atoms with Crippen molar-refractivity contribution in [1.82, 2.24) is 9.97 Å². The molecule has 6 nitrogen and oxygen atoms in total. The number of hydrogen-bond acceptors (Lipinski definition) is 7. The number of anilines is 2. The lowest BCUT2D eigenvalue weighted by atomic mass is 10.3. The van der Waals surface area contributed by atoms with Crippen LogP contribution in [-0.2, 0) is 9.47 Å². The molecule has 3 heterocycles. The molecule has 2 aromatic heterocycles. The van der Waals surface area contributed by atoms with Gasteiger partial charge in [-0.05, 0) is 13.0 Å². The Labute approximate surface area is 114 Å². The molecule has 1 fully saturated rings. The van der Waals surface area contributed by atoms with Crippen molar-refractivity contribution < 1.29 is 9.47 Å². The summed E-state index contributed by atoms with van der Waals surface area (Å²) in [5.41, 5.74) is 5.73. The van der Waals surface area contributed by atoms with E-state index < -0.39 is 0 Å². The average molecular weight is 280 g/mol. The molecule has 0 amide bonds. The highest BCUT2D eigenvalue weighted by atomic mass is 32.1. The standard InChI is InChI=1S/C12H16N4O2S/c1-7-4-9-10(15-12(13)16-11(9)19-7)14-5-8-6-17-2-3-18-8/h4,8H,2-3,5-6H2,1H3,(H3,13,14,15,16). The second kappa shape index (κ2) is 5.28. The van der Waals surface area contributed by atoms with E-state index in [1.54, 1.807) is 11.3 Å². The molecule has 7 heteroatoms. The third-order valence-electron chi connectivity index (χ3n) is 2.92. The van der Waals surface area contributed by atoms with Crippen LogP contribution in [0.25, 0.3) is 10.2 Å². The van der Waals surface area contributed by atoms with Crippen molar-refractivity contribution in [2.75, 3.05) is 37.4 Å². The molecule has 102 valence electrons. The quantitative estimate of drug-likeness (QED) is 0.884. The van der Waals surface area contributed by atoms with E-state index in [0.717, 1.165) is 16.0 Å². The number of thiophene rings is 1. The largest absolute Gasteiger partial charge is 0.376 e. The third-order valence-corrected chi connectivity index (χ3v) is 3.86. The molecule has 0 radical (unpaired) electrons. The van der Waals surface area contributed by atoms with Gasteiger partial charge in [-0.25, -0.2) is 4.98 Å². The van der Waals surface area contributed by atoms with Gasteiger partial charge in [0.05, 0.1) is 31.3 Å². The van der Waals surface area contributed by atoms with E-state index in [1.165, 1.54) is 4.88 Å². The number of fused-ring (bicyclic) bond motifs is 1. The zero-order chi connectivity index (χ0) is 13.2. The van der Waals surface area contributed by atoms with Crippen molar-refractivity contribution in [1.29, 1.82) is 0 Å². The van der Waals surface area contributed by atoms with E-state index in [0.29, 0.717) is 26.4 Å². The molecular weight excluding hydrogens is 264 g/mol. The highest BCUT2D eigenvalue weighted by Crippen LogP contribution is 2.28. The number of ether oxygens (including phenoxy) is 2. The fraction of sp³-hybridized carbons (Fsp3) is 0.500. The maximum Gasteiger partial charge on any atom is 0.223 e. The van der Waals surface area contributed by atoms with Crippen LogP contribution in [0.2, 0.25) is 0 Å². The van der Waals surface area contributed by atoms with Crippen molar-refractivity contribution >= 4 is 33.3 Å². The summed E-state index contributed by atoms with van der Waals surface area (Å²) in [6, 6.07) is 2.07. The molecule has 1 atom stereocenters. The molecule has 0 aromatic carbocycles. The van der Waals surface area contributed by atoms with Gasteiger partial charge in [0.25, 0.3) is 0 Å². The SMILES string of the molecule is Cc1cc2c(NCC3COCCO3)nc(N)nc2s1. The number of hydrogen-bond donors (Lipinski definition) is 2. The first-order valence-electron chi connectivity index (χ1n) is 6.19. The van der Waals surface area contributed by atoms with Crippen LogP contribution in [0.5, 0.6) is 0 Å². The minimum Gasteiger partial charge on any atom is -0.376 e. The lowest BCUT2D eigenvalue weighted by Crippen LogP contribution is -2.34. The molecule has 1 aliphatic rings. The predicted molar refractivity (Wildman–Crippen MR) is 75.6 cm³/mol. The summed E-state index contributed by atoms with van der Waals surface area (Å²) < 4.78 is 11.0. The van der Waals surface area contributed by atoms with Gasteiger partial charge in [-0.2, -0.15) is 4.98 Å². The number of aromatic nitrogens is 2. The second-order valence-corrected chi connectivity index (χ2v) is 5.69. The van der Waals surface area contributed by atoms with E-state index in [9.17, 15) is 0 Å². The van der Waals surface area contributed by atoms with Crippen LogP contribution in [0.15, 0.2) is 6.07 Å². The molecule has 2 aromatic rings. The Morgan fingerprint density at radius 2 is 2.37 bits per heavy atom. The summed E-state index contributed by atoms with van der Waals surface area (Å²) in [5.74, 6) is 1.05. The summed E-state index contributed by atoms with van der Waals surface area (Å²) in [6.07, 6.45) is 0.0553. The Balaban J connectivity index is 1.79. The van der Waals surface area contributed by atoms with Crippen LogP contribution in [0.1, 0.15) is 4.88 Å². The lowest BCUT2D eigenvalue weighted by Gasteiger charge is -2.23. The van der Waals surface area contributed by atoms with Crippen LogP contribution >= 0.6 is 11.3 Å². The molecule has 19 heavy (non-hydrogen) atoms. The fourth-order valence-corrected chi connectivity index (χ4v) is 2.94. The van der Waals surface area contributed by atoms with Gasteiger partial charge in [-0.15, -0.1) is 11.3 Å². The van der Waals surface area contributed by atoms with Crippen molar-refractivity contribution in [3.63, 3.8) is 0 Å². The normalized spacial score (nSPS) is 19.7. The van der Waals surface area contributed by atoms with Crippen LogP contribution in [0.3, 0.4) is 0 Å². The summed E-state index contributed by atoms with van der Waals surface area (Å²) in [5, 5.41) is 4.29. The zero-order valence-corrected chi connectivity index (χ0v) is 11.5. The van der Waals surface area contributed by atoms with Gasteiger partial charge in [-0.1, -0.05) is 0 Å². The maximum atomic E-state index is 5.73. The van der Waals surface area contributed by atoms with E-state index in [2.05, 4.69) is 21.4 Å². The molecule has 3 rings (SSSR count). The fourth-order valence-electron chi connectivity index (χ4n) is 2.06. The van der Waals surface area contributed by atoms with Crippen LogP contribution in [0, 0.1) is 6.92 Å². The van der Waals surface area contributed by atoms with E-state index in [4.69, 9.17) is 15.2 Å². The van der Waals surface area contributed by atoms with Crippen LogP contribution in [-0.4, -0.2) is 42.4 Å². The van der Waals surface area contributed by atoms with E-state index in [-0.39, 0.29) is 12.1 Å². The molecule has 0 spiro atoms. The maximum absolute atomic E-state index is 5.73. The van der Waals surface area contributed by atoms with Crippen LogP contribution < -0.4 is 11.1 Å². The van der Waals surface area contributed by atoms with Gasteiger partial charge < -0.3 is 20.5 Å². The van der Waals surface area contributed by atoms with Crippen molar-refractivity contribution in [3.05, 3.63) is 10.9 Å². The molecular formula is C12H16N4O2S. The summed E-state index contributed by atoms with van der Waals surface area (Å²) >= 11 is 1.61. The minimum atomic E-state index is 0.0553. The molecule has 1 unspecified atom stereocenters. The lowest BCUT2D eigenvalue weighted by molar-refractivity contribution is -0.0819. The van der Waals surface area contributed by atoms with Gasteiger partial charge in [0.15, 0.2) is 0 Å². The Kier molecular flexibility index (Phi) is 3.50. The average Bonchev–Trinajstić information content (AvgIpc) is 2.77. The van der Waals surface area contributed by atoms with E-state index in [1.807, 2.05) is 6.92 Å². The first-order chi connectivity index (χ1) is 9.22. The van der Waals surface area contributed by atoms with Crippen molar-refractivity contribution in [2.24, 2.45) is 0 Å². The highest BCUT2D eigenvalue weighted by Gasteiger charge is 2.15. The van der Waals surface area contributed by atoms with Gasteiger partial charge in [0.1, 0.15) is 10.6 Å².